The quantitative estimate of drug-likeness (QED) is 0.761. The number of carbonyl (C=O) groups excluding carboxylic acids is 1. The van der Waals surface area contributed by atoms with Crippen molar-refractivity contribution in [3.8, 4) is 11.1 Å². The number of nitrogens with two attached hydrogens (primary N) is 1. The minimum atomic E-state index is -2.60. The topological polar surface area (TPSA) is 64.2 Å². The zero-order valence-electron chi connectivity index (χ0n) is 14.7. The number of nitrogens with zero attached hydrogens (tertiary/aromatic N) is 3. The van der Waals surface area contributed by atoms with Crippen LogP contribution in [0.2, 0.25) is 0 Å². The SMILES string of the molecule is NC(=O)n1ccc2cc(-c3cccc(CN4CCCC(F)(F)C4)c3)cnc21. The number of amides is 1. The van der Waals surface area contributed by atoms with Crippen molar-refractivity contribution in [2.24, 2.45) is 5.73 Å². The Kier molecular flexibility index (Phi) is 4.39. The van der Waals surface area contributed by atoms with Crippen molar-refractivity contribution in [2.75, 3.05) is 13.1 Å². The summed E-state index contributed by atoms with van der Waals surface area (Å²) in [6.45, 7) is 0.997. The number of likely N-dealkylation sites (tertiary alicyclic amines) is 1. The van der Waals surface area contributed by atoms with Gasteiger partial charge in [0.2, 0.25) is 0 Å². The monoisotopic (exact) mass is 370 g/mol. The number of rotatable bonds is 3. The van der Waals surface area contributed by atoms with Crippen LogP contribution in [0.15, 0.2) is 48.8 Å². The van der Waals surface area contributed by atoms with Crippen molar-refractivity contribution in [2.45, 2.75) is 25.3 Å². The second-order valence-electron chi connectivity index (χ2n) is 7.03. The van der Waals surface area contributed by atoms with Crippen molar-refractivity contribution >= 4 is 17.1 Å². The predicted octanol–water partition coefficient (Wildman–Crippen LogP) is 3.86. The first-order valence-corrected chi connectivity index (χ1v) is 8.88. The number of hydrogen-bond donors (Lipinski definition) is 1. The summed E-state index contributed by atoms with van der Waals surface area (Å²) in [5, 5.41) is 0.812. The van der Waals surface area contributed by atoms with Crippen LogP contribution in [-0.2, 0) is 6.54 Å². The second kappa shape index (κ2) is 6.74. The van der Waals surface area contributed by atoms with Crippen LogP contribution in [0.1, 0.15) is 18.4 Å². The average molecular weight is 370 g/mol. The Balaban J connectivity index is 1.59. The standard InChI is InChI=1S/C20H20F2N4O/c21-20(22)6-2-7-25(13-20)12-14-3-1-4-15(9-14)17-10-16-5-8-26(19(23)27)18(16)24-11-17/h1,3-5,8-11H,2,6-7,12-13H2,(H2,23,27). The zero-order valence-corrected chi connectivity index (χ0v) is 14.7. The van der Waals surface area contributed by atoms with Crippen molar-refractivity contribution in [1.82, 2.24) is 14.5 Å². The Morgan fingerprint density at radius 2 is 2.07 bits per heavy atom. The van der Waals surface area contributed by atoms with Gasteiger partial charge in [0.15, 0.2) is 0 Å². The lowest BCUT2D eigenvalue weighted by molar-refractivity contribution is -0.0661. The molecule has 1 amide bonds. The third-order valence-corrected chi connectivity index (χ3v) is 4.90. The third kappa shape index (κ3) is 3.68. The van der Waals surface area contributed by atoms with Crippen LogP contribution < -0.4 is 5.73 Å². The molecule has 1 fully saturated rings. The van der Waals surface area contributed by atoms with Crippen LogP contribution >= 0.6 is 0 Å². The molecule has 2 N–H and O–H groups in total. The molecule has 3 heterocycles. The molecule has 0 aliphatic carbocycles. The molecular weight excluding hydrogens is 350 g/mol. The van der Waals surface area contributed by atoms with E-state index >= 15 is 0 Å². The highest BCUT2D eigenvalue weighted by molar-refractivity contribution is 5.90. The maximum absolute atomic E-state index is 13.6. The van der Waals surface area contributed by atoms with Gasteiger partial charge < -0.3 is 5.73 Å². The van der Waals surface area contributed by atoms with Gasteiger partial charge in [0.25, 0.3) is 5.92 Å². The highest BCUT2D eigenvalue weighted by Gasteiger charge is 2.34. The number of pyridine rings is 1. The molecule has 140 valence electrons. The number of halogens is 2. The van der Waals surface area contributed by atoms with E-state index in [0.29, 0.717) is 25.2 Å². The summed E-state index contributed by atoms with van der Waals surface area (Å²) >= 11 is 0. The predicted molar refractivity (Wildman–Crippen MR) is 99.6 cm³/mol. The fourth-order valence-corrected chi connectivity index (χ4v) is 3.65. The number of aromatic nitrogens is 2. The van der Waals surface area contributed by atoms with E-state index < -0.39 is 12.0 Å². The molecule has 1 saturated heterocycles. The largest absolute Gasteiger partial charge is 0.351 e. The lowest BCUT2D eigenvalue weighted by atomic mass is 10.0. The molecule has 27 heavy (non-hydrogen) atoms. The van der Waals surface area contributed by atoms with E-state index in [9.17, 15) is 13.6 Å². The highest BCUT2D eigenvalue weighted by atomic mass is 19.3. The van der Waals surface area contributed by atoms with E-state index in [1.807, 2.05) is 30.3 Å². The van der Waals surface area contributed by atoms with E-state index in [1.54, 1.807) is 23.4 Å². The normalized spacial score (nSPS) is 17.3. The smallest absolute Gasteiger partial charge is 0.324 e. The van der Waals surface area contributed by atoms with Crippen LogP contribution in [0, 0.1) is 0 Å². The zero-order chi connectivity index (χ0) is 19.0. The van der Waals surface area contributed by atoms with Crippen LogP contribution in [-0.4, -0.2) is 39.5 Å². The second-order valence-corrected chi connectivity index (χ2v) is 7.03. The molecule has 0 spiro atoms. The van der Waals surface area contributed by atoms with Gasteiger partial charge in [-0.3, -0.25) is 9.47 Å². The number of fused-ring (bicyclic) bond motifs is 1. The first-order valence-electron chi connectivity index (χ1n) is 8.88. The molecule has 5 nitrogen and oxygen atoms in total. The summed E-state index contributed by atoms with van der Waals surface area (Å²) < 4.78 is 28.5. The summed E-state index contributed by atoms with van der Waals surface area (Å²) in [7, 11) is 0. The number of carbonyl (C=O) groups is 1. The Hall–Kier alpha value is -2.80. The maximum atomic E-state index is 13.6. The summed E-state index contributed by atoms with van der Waals surface area (Å²) in [6, 6.07) is 11.0. The number of piperidine rings is 1. The van der Waals surface area contributed by atoms with E-state index in [1.165, 1.54) is 4.57 Å². The Bertz CT molecular complexity index is 999. The molecule has 0 unspecified atom stereocenters. The minimum Gasteiger partial charge on any atom is -0.351 e. The molecule has 1 aromatic carbocycles. The van der Waals surface area contributed by atoms with E-state index in [-0.39, 0.29) is 13.0 Å². The Morgan fingerprint density at radius 1 is 1.22 bits per heavy atom. The van der Waals surface area contributed by atoms with Gasteiger partial charge in [0.05, 0.1) is 6.54 Å². The van der Waals surface area contributed by atoms with Crippen LogP contribution in [0.3, 0.4) is 0 Å². The van der Waals surface area contributed by atoms with Crippen LogP contribution in [0.5, 0.6) is 0 Å². The van der Waals surface area contributed by atoms with Gasteiger partial charge in [0.1, 0.15) is 5.65 Å². The molecular formula is C20H20F2N4O. The van der Waals surface area contributed by atoms with Crippen molar-refractivity contribution in [3.63, 3.8) is 0 Å². The highest BCUT2D eigenvalue weighted by Crippen LogP contribution is 2.29. The van der Waals surface area contributed by atoms with Gasteiger partial charge in [-0.05, 0) is 42.3 Å². The van der Waals surface area contributed by atoms with Crippen molar-refractivity contribution in [1.29, 1.82) is 0 Å². The Labute approximate surface area is 155 Å². The summed E-state index contributed by atoms with van der Waals surface area (Å²) in [6.07, 6.45) is 3.77. The molecule has 0 radical (unpaired) electrons. The van der Waals surface area contributed by atoms with Crippen LogP contribution in [0.25, 0.3) is 22.2 Å². The maximum Gasteiger partial charge on any atom is 0.324 e. The van der Waals surface area contributed by atoms with Crippen molar-refractivity contribution in [3.05, 3.63) is 54.4 Å². The molecule has 0 bridgehead atoms. The molecule has 3 aromatic rings. The van der Waals surface area contributed by atoms with Gasteiger partial charge in [-0.25, -0.2) is 18.6 Å². The van der Waals surface area contributed by atoms with Gasteiger partial charge in [-0.15, -0.1) is 0 Å². The molecule has 0 atom stereocenters. The average Bonchev–Trinajstić information content (AvgIpc) is 3.04. The fraction of sp³-hybridized carbons (Fsp3) is 0.300. The third-order valence-electron chi connectivity index (χ3n) is 4.90. The first kappa shape index (κ1) is 17.6. The summed E-state index contributed by atoms with van der Waals surface area (Å²) in [5.41, 5.74) is 8.68. The van der Waals surface area contributed by atoms with E-state index in [2.05, 4.69) is 4.98 Å². The van der Waals surface area contributed by atoms with E-state index in [0.717, 1.165) is 22.1 Å². The molecule has 4 rings (SSSR count). The molecule has 7 heteroatoms. The summed E-state index contributed by atoms with van der Waals surface area (Å²) in [4.78, 5) is 17.6. The molecule has 1 aliphatic rings. The minimum absolute atomic E-state index is 0.0276. The number of hydrogen-bond acceptors (Lipinski definition) is 3. The molecule has 1 aliphatic heterocycles. The van der Waals surface area contributed by atoms with Gasteiger partial charge in [-0.1, -0.05) is 18.2 Å². The van der Waals surface area contributed by atoms with Gasteiger partial charge in [0, 0.05) is 36.3 Å². The van der Waals surface area contributed by atoms with Gasteiger partial charge in [-0.2, -0.15) is 0 Å². The number of alkyl halides is 2. The number of primary amides is 1. The van der Waals surface area contributed by atoms with E-state index in [4.69, 9.17) is 5.73 Å². The lowest BCUT2D eigenvalue weighted by Crippen LogP contribution is -2.41. The van der Waals surface area contributed by atoms with Gasteiger partial charge >= 0.3 is 6.03 Å². The Morgan fingerprint density at radius 3 is 2.85 bits per heavy atom. The molecule has 2 aromatic heterocycles. The lowest BCUT2D eigenvalue weighted by Gasteiger charge is -2.32. The summed E-state index contributed by atoms with van der Waals surface area (Å²) in [5.74, 6) is -2.60. The van der Waals surface area contributed by atoms with Crippen LogP contribution in [0.4, 0.5) is 13.6 Å². The first-order chi connectivity index (χ1) is 12.9. The number of benzene rings is 1. The fourth-order valence-electron chi connectivity index (χ4n) is 3.65. The van der Waals surface area contributed by atoms with Crippen molar-refractivity contribution < 1.29 is 13.6 Å². The molecule has 0 saturated carbocycles.